The second-order valence-corrected chi connectivity index (χ2v) is 5.37. The molecule has 3 aromatic heterocycles. The van der Waals surface area contributed by atoms with Gasteiger partial charge in [0.25, 0.3) is 0 Å². The number of phenolic OH excluding ortho intramolecular Hbond substituents is 1. The van der Waals surface area contributed by atoms with Crippen molar-refractivity contribution in [2.24, 2.45) is 0 Å². The summed E-state index contributed by atoms with van der Waals surface area (Å²) in [4.78, 5) is 7.42. The second kappa shape index (κ2) is 4.98. The number of aromatic nitrogens is 2. The molecule has 114 valence electrons. The first-order valence-electron chi connectivity index (χ1n) is 7.15. The van der Waals surface area contributed by atoms with Crippen LogP contribution in [0.25, 0.3) is 33.5 Å². The van der Waals surface area contributed by atoms with Crippen LogP contribution in [0.5, 0.6) is 5.75 Å². The fourth-order valence-corrected chi connectivity index (χ4v) is 2.68. The highest BCUT2D eigenvalue weighted by Crippen LogP contribution is 2.36. The average Bonchev–Trinajstić information content (AvgIpc) is 3.16. The van der Waals surface area contributed by atoms with Crippen LogP contribution in [0.1, 0.15) is 5.76 Å². The Kier molecular flexibility index (Phi) is 2.94. The van der Waals surface area contributed by atoms with E-state index in [9.17, 15) is 9.50 Å². The van der Waals surface area contributed by atoms with E-state index in [0.717, 1.165) is 16.7 Å². The lowest BCUT2D eigenvalue weighted by Gasteiger charge is -2.04. The van der Waals surface area contributed by atoms with E-state index in [2.05, 4.69) is 9.97 Å². The van der Waals surface area contributed by atoms with Crippen LogP contribution in [0.4, 0.5) is 4.39 Å². The summed E-state index contributed by atoms with van der Waals surface area (Å²) in [6.45, 7) is 1.88. The maximum atomic E-state index is 13.6. The molecule has 0 fully saturated rings. The SMILES string of the molecule is Cc1ccc(-c2cnc3[nH]cc(-c4cccc(F)c4O)c3c2)o1. The van der Waals surface area contributed by atoms with E-state index in [1.54, 1.807) is 24.5 Å². The Balaban J connectivity index is 1.93. The number of aromatic hydroxyl groups is 1. The molecular weight excluding hydrogens is 295 g/mol. The molecule has 3 heterocycles. The summed E-state index contributed by atoms with van der Waals surface area (Å²) in [6.07, 6.45) is 3.43. The Morgan fingerprint density at radius 3 is 2.83 bits per heavy atom. The smallest absolute Gasteiger partial charge is 0.165 e. The lowest BCUT2D eigenvalue weighted by molar-refractivity contribution is 0.434. The summed E-state index contributed by atoms with van der Waals surface area (Å²) in [5.74, 6) is 0.514. The lowest BCUT2D eigenvalue weighted by atomic mass is 10.0. The highest BCUT2D eigenvalue weighted by atomic mass is 19.1. The first-order valence-corrected chi connectivity index (χ1v) is 7.15. The Bertz CT molecular complexity index is 1020. The van der Waals surface area contributed by atoms with E-state index in [-0.39, 0.29) is 5.75 Å². The molecule has 0 amide bonds. The third-order valence-corrected chi connectivity index (χ3v) is 3.83. The molecule has 0 spiro atoms. The number of furan rings is 1. The fraction of sp³-hybridized carbons (Fsp3) is 0.0556. The highest BCUT2D eigenvalue weighted by molar-refractivity contribution is 5.96. The molecule has 0 saturated carbocycles. The van der Waals surface area contributed by atoms with Gasteiger partial charge < -0.3 is 14.5 Å². The molecule has 23 heavy (non-hydrogen) atoms. The minimum absolute atomic E-state index is 0.368. The number of para-hydroxylation sites is 1. The lowest BCUT2D eigenvalue weighted by Crippen LogP contribution is -1.83. The molecule has 0 aliphatic rings. The molecule has 0 aliphatic carbocycles. The van der Waals surface area contributed by atoms with Crippen LogP contribution in [0.2, 0.25) is 0 Å². The van der Waals surface area contributed by atoms with Crippen molar-refractivity contribution in [3.8, 4) is 28.2 Å². The molecule has 0 aliphatic heterocycles. The van der Waals surface area contributed by atoms with Crippen LogP contribution >= 0.6 is 0 Å². The zero-order chi connectivity index (χ0) is 16.0. The van der Waals surface area contributed by atoms with Crippen molar-refractivity contribution in [1.82, 2.24) is 9.97 Å². The maximum Gasteiger partial charge on any atom is 0.165 e. The summed E-state index contributed by atoms with van der Waals surface area (Å²) in [5, 5.41) is 10.8. The number of pyridine rings is 1. The van der Waals surface area contributed by atoms with Gasteiger partial charge in [-0.25, -0.2) is 9.37 Å². The number of H-pyrrole nitrogens is 1. The Morgan fingerprint density at radius 1 is 1.17 bits per heavy atom. The van der Waals surface area contributed by atoms with Gasteiger partial charge in [-0.05, 0) is 31.2 Å². The second-order valence-electron chi connectivity index (χ2n) is 5.37. The van der Waals surface area contributed by atoms with Crippen LogP contribution in [0.3, 0.4) is 0 Å². The quantitative estimate of drug-likeness (QED) is 0.567. The minimum atomic E-state index is -0.650. The molecule has 0 bridgehead atoms. The predicted molar refractivity (Wildman–Crippen MR) is 85.6 cm³/mol. The first kappa shape index (κ1) is 13.6. The minimum Gasteiger partial charge on any atom is -0.504 e. The van der Waals surface area contributed by atoms with E-state index >= 15 is 0 Å². The van der Waals surface area contributed by atoms with Gasteiger partial charge in [0, 0.05) is 34.5 Å². The van der Waals surface area contributed by atoms with E-state index in [4.69, 9.17) is 4.42 Å². The summed E-state index contributed by atoms with van der Waals surface area (Å²) in [6, 6.07) is 10.1. The molecule has 4 rings (SSSR count). The van der Waals surface area contributed by atoms with Crippen molar-refractivity contribution in [1.29, 1.82) is 0 Å². The number of rotatable bonds is 2. The fourth-order valence-electron chi connectivity index (χ4n) is 2.68. The zero-order valence-corrected chi connectivity index (χ0v) is 12.3. The van der Waals surface area contributed by atoms with E-state index in [1.807, 2.05) is 25.1 Å². The molecule has 4 nitrogen and oxygen atoms in total. The monoisotopic (exact) mass is 308 g/mol. The standard InChI is InChI=1S/C18H13FN2O2/c1-10-5-6-16(23-10)11-7-13-14(9-21-18(13)20-8-11)12-3-2-4-15(19)17(12)22/h2-9,22H,1H3,(H,20,21). The maximum absolute atomic E-state index is 13.6. The number of halogens is 1. The van der Waals surface area contributed by atoms with Crippen molar-refractivity contribution in [3.63, 3.8) is 0 Å². The molecule has 5 heteroatoms. The number of nitrogens with zero attached hydrogens (tertiary/aromatic N) is 1. The zero-order valence-electron chi connectivity index (χ0n) is 12.3. The van der Waals surface area contributed by atoms with Gasteiger partial charge in [0.15, 0.2) is 11.6 Å². The van der Waals surface area contributed by atoms with Crippen molar-refractivity contribution < 1.29 is 13.9 Å². The van der Waals surface area contributed by atoms with Crippen molar-refractivity contribution in [3.05, 3.63) is 60.4 Å². The van der Waals surface area contributed by atoms with Gasteiger partial charge in [0.05, 0.1) is 0 Å². The Morgan fingerprint density at radius 2 is 2.04 bits per heavy atom. The number of hydrogen-bond donors (Lipinski definition) is 2. The molecule has 1 aromatic carbocycles. The van der Waals surface area contributed by atoms with Crippen LogP contribution in [-0.4, -0.2) is 15.1 Å². The predicted octanol–water partition coefficient (Wildman–Crippen LogP) is 4.64. The largest absolute Gasteiger partial charge is 0.504 e. The van der Waals surface area contributed by atoms with Gasteiger partial charge in [-0.15, -0.1) is 0 Å². The molecule has 2 N–H and O–H groups in total. The number of aromatic amines is 1. The number of nitrogens with one attached hydrogen (secondary N) is 1. The van der Waals surface area contributed by atoms with Gasteiger partial charge in [0.2, 0.25) is 0 Å². The van der Waals surface area contributed by atoms with E-state index in [1.165, 1.54) is 6.07 Å². The van der Waals surface area contributed by atoms with Crippen molar-refractivity contribution in [2.75, 3.05) is 0 Å². The van der Waals surface area contributed by atoms with Crippen LogP contribution in [0, 0.1) is 12.7 Å². The summed E-state index contributed by atoms with van der Waals surface area (Å²) < 4.78 is 19.3. The molecule has 0 atom stereocenters. The van der Waals surface area contributed by atoms with Crippen molar-refractivity contribution >= 4 is 11.0 Å². The normalized spacial score (nSPS) is 11.2. The average molecular weight is 308 g/mol. The molecule has 0 saturated heterocycles. The number of benzene rings is 1. The third-order valence-electron chi connectivity index (χ3n) is 3.83. The van der Waals surface area contributed by atoms with Gasteiger partial charge in [-0.2, -0.15) is 0 Å². The number of hydrogen-bond acceptors (Lipinski definition) is 3. The molecule has 4 aromatic rings. The third kappa shape index (κ3) is 2.17. The van der Waals surface area contributed by atoms with Gasteiger partial charge in [-0.1, -0.05) is 12.1 Å². The first-order chi connectivity index (χ1) is 11.1. The van der Waals surface area contributed by atoms with E-state index < -0.39 is 5.82 Å². The van der Waals surface area contributed by atoms with Crippen molar-refractivity contribution in [2.45, 2.75) is 6.92 Å². The Hall–Kier alpha value is -3.08. The van der Waals surface area contributed by atoms with Crippen LogP contribution in [0.15, 0.2) is 53.2 Å². The van der Waals surface area contributed by atoms with E-state index in [0.29, 0.717) is 22.5 Å². The summed E-state index contributed by atoms with van der Waals surface area (Å²) >= 11 is 0. The topological polar surface area (TPSA) is 62.0 Å². The number of phenols is 1. The van der Waals surface area contributed by atoms with Gasteiger partial charge in [-0.3, -0.25) is 0 Å². The summed E-state index contributed by atoms with van der Waals surface area (Å²) in [7, 11) is 0. The number of fused-ring (bicyclic) bond motifs is 1. The van der Waals surface area contributed by atoms with Gasteiger partial charge >= 0.3 is 0 Å². The summed E-state index contributed by atoms with van der Waals surface area (Å²) in [5.41, 5.74) is 2.60. The molecular formula is C18H13FN2O2. The van der Waals surface area contributed by atoms with Crippen LogP contribution in [-0.2, 0) is 0 Å². The molecule has 0 unspecified atom stereocenters. The van der Waals surface area contributed by atoms with Crippen LogP contribution < -0.4 is 0 Å². The Labute approximate surface area is 131 Å². The molecule has 0 radical (unpaired) electrons. The number of aryl methyl sites for hydroxylation is 1. The van der Waals surface area contributed by atoms with Gasteiger partial charge in [0.1, 0.15) is 17.2 Å². The highest BCUT2D eigenvalue weighted by Gasteiger charge is 2.15.